The molecule has 0 aliphatic heterocycles. The number of carbonyl (C=O) groups excluding carboxylic acids is 1. The molecule has 0 spiro atoms. The van der Waals surface area contributed by atoms with Gasteiger partial charge in [-0.15, -0.1) is 0 Å². The first kappa shape index (κ1) is 22.6. The van der Waals surface area contributed by atoms with Crippen molar-refractivity contribution in [2.75, 3.05) is 4.72 Å². The summed E-state index contributed by atoms with van der Waals surface area (Å²) in [4.78, 5) is 13.1. The largest absolute Gasteiger partial charge is 0.348 e. The lowest BCUT2D eigenvalue weighted by atomic mass is 10.0. The quantitative estimate of drug-likeness (QED) is 0.530. The van der Waals surface area contributed by atoms with E-state index in [-0.39, 0.29) is 10.8 Å². The van der Waals surface area contributed by atoms with E-state index in [4.69, 9.17) is 0 Å². The summed E-state index contributed by atoms with van der Waals surface area (Å²) in [5.41, 5.74) is 4.96. The highest BCUT2D eigenvalue weighted by atomic mass is 32.2. The first-order chi connectivity index (χ1) is 14.9. The monoisotopic (exact) mass is 436 g/mol. The number of hydrogen-bond acceptors (Lipinski definition) is 3. The lowest BCUT2D eigenvalue weighted by Gasteiger charge is -2.15. The first-order valence-corrected chi connectivity index (χ1v) is 11.9. The Balaban J connectivity index is 1.79. The van der Waals surface area contributed by atoms with Gasteiger partial charge in [-0.2, -0.15) is 0 Å². The average molecular weight is 437 g/mol. The van der Waals surface area contributed by atoms with Gasteiger partial charge < -0.3 is 5.32 Å². The van der Waals surface area contributed by atoms with E-state index in [1.54, 1.807) is 43.3 Å². The molecule has 0 aliphatic rings. The van der Waals surface area contributed by atoms with Gasteiger partial charge >= 0.3 is 0 Å². The molecule has 2 N–H and O–H groups in total. The second-order valence-electron chi connectivity index (χ2n) is 7.39. The van der Waals surface area contributed by atoms with Crippen LogP contribution < -0.4 is 10.0 Å². The van der Waals surface area contributed by atoms with Gasteiger partial charge in [0.25, 0.3) is 15.9 Å². The number of rotatable bonds is 8. The van der Waals surface area contributed by atoms with Crippen molar-refractivity contribution in [3.8, 4) is 0 Å². The Labute approximate surface area is 184 Å². The summed E-state index contributed by atoms with van der Waals surface area (Å²) in [6.45, 7) is 6.37. The molecule has 3 aromatic carbocycles. The van der Waals surface area contributed by atoms with Gasteiger partial charge in [0.2, 0.25) is 0 Å². The number of aryl methyl sites for hydroxylation is 2. The minimum Gasteiger partial charge on any atom is -0.348 e. The first-order valence-electron chi connectivity index (χ1n) is 10.4. The number of sulfonamides is 1. The van der Waals surface area contributed by atoms with Crippen molar-refractivity contribution in [1.82, 2.24) is 5.32 Å². The normalized spacial score (nSPS) is 11.2. The summed E-state index contributed by atoms with van der Waals surface area (Å²) in [7, 11) is -3.73. The van der Waals surface area contributed by atoms with Crippen molar-refractivity contribution in [2.45, 2.75) is 45.1 Å². The molecule has 3 aromatic rings. The van der Waals surface area contributed by atoms with Gasteiger partial charge in [-0.25, -0.2) is 8.42 Å². The van der Waals surface area contributed by atoms with Crippen LogP contribution in [0.4, 0.5) is 5.69 Å². The second kappa shape index (κ2) is 9.79. The standard InChI is InChI=1S/C25H28N2O3S/c1-4-19-14-15-20(5-2)21(16-19)17-26-25(28)23-12-9-13-24(18(23)3)27-31(29,30)22-10-7-6-8-11-22/h6-16,27H,4-5,17H2,1-3H3,(H,26,28). The predicted octanol–water partition coefficient (Wildman–Crippen LogP) is 4.85. The lowest BCUT2D eigenvalue weighted by Crippen LogP contribution is -2.25. The van der Waals surface area contributed by atoms with E-state index in [1.165, 1.54) is 23.3 Å². The predicted molar refractivity (Wildman–Crippen MR) is 125 cm³/mol. The van der Waals surface area contributed by atoms with Gasteiger partial charge in [0.15, 0.2) is 0 Å². The molecule has 5 nitrogen and oxygen atoms in total. The Bertz CT molecular complexity index is 1170. The van der Waals surface area contributed by atoms with Crippen LogP contribution in [0.2, 0.25) is 0 Å². The van der Waals surface area contributed by atoms with Crippen molar-refractivity contribution in [3.05, 3.63) is 94.5 Å². The molecule has 3 rings (SSSR count). The van der Waals surface area contributed by atoms with Gasteiger partial charge in [0, 0.05) is 12.1 Å². The highest BCUT2D eigenvalue weighted by Crippen LogP contribution is 2.23. The van der Waals surface area contributed by atoms with E-state index in [0.717, 1.165) is 18.4 Å². The fourth-order valence-electron chi connectivity index (χ4n) is 3.47. The number of amides is 1. The summed E-state index contributed by atoms with van der Waals surface area (Å²) in [5, 5.41) is 2.99. The third-order valence-electron chi connectivity index (χ3n) is 5.38. The summed E-state index contributed by atoms with van der Waals surface area (Å²) in [6, 6.07) is 19.6. The molecule has 0 heterocycles. The molecule has 0 unspecified atom stereocenters. The van der Waals surface area contributed by atoms with Gasteiger partial charge in [-0.3, -0.25) is 9.52 Å². The average Bonchev–Trinajstić information content (AvgIpc) is 2.79. The molecule has 0 bridgehead atoms. The number of carbonyl (C=O) groups is 1. The summed E-state index contributed by atoms with van der Waals surface area (Å²) >= 11 is 0. The SMILES string of the molecule is CCc1ccc(CC)c(CNC(=O)c2cccc(NS(=O)(=O)c3ccccc3)c2C)c1. The zero-order valence-corrected chi connectivity index (χ0v) is 18.9. The van der Waals surface area contributed by atoms with E-state index in [9.17, 15) is 13.2 Å². The Morgan fingerprint density at radius 1 is 0.871 bits per heavy atom. The van der Waals surface area contributed by atoms with Gasteiger partial charge in [-0.05, 0) is 66.3 Å². The molecule has 0 saturated carbocycles. The Morgan fingerprint density at radius 2 is 1.61 bits per heavy atom. The zero-order chi connectivity index (χ0) is 22.4. The summed E-state index contributed by atoms with van der Waals surface area (Å²) in [5.74, 6) is -0.234. The van der Waals surface area contributed by atoms with Crippen LogP contribution in [0.5, 0.6) is 0 Å². The smallest absolute Gasteiger partial charge is 0.261 e. The fraction of sp³-hybridized carbons (Fsp3) is 0.240. The minimum atomic E-state index is -3.73. The molecule has 1 amide bonds. The molecule has 0 aliphatic carbocycles. The maximum atomic E-state index is 12.9. The Kier molecular flexibility index (Phi) is 7.13. The van der Waals surface area contributed by atoms with Crippen molar-refractivity contribution in [3.63, 3.8) is 0 Å². The molecule has 162 valence electrons. The fourth-order valence-corrected chi connectivity index (χ4v) is 4.62. The number of benzene rings is 3. The van der Waals surface area contributed by atoms with E-state index in [2.05, 4.69) is 42.1 Å². The van der Waals surface area contributed by atoms with Crippen LogP contribution >= 0.6 is 0 Å². The van der Waals surface area contributed by atoms with Crippen LogP contribution in [-0.2, 0) is 29.4 Å². The number of hydrogen-bond donors (Lipinski definition) is 2. The third kappa shape index (κ3) is 5.33. The van der Waals surface area contributed by atoms with Gasteiger partial charge in [0.05, 0.1) is 10.6 Å². The molecule has 0 saturated heterocycles. The van der Waals surface area contributed by atoms with Crippen molar-refractivity contribution >= 4 is 21.6 Å². The van der Waals surface area contributed by atoms with Gasteiger partial charge in [-0.1, -0.05) is 56.3 Å². The molecule has 0 aromatic heterocycles. The highest BCUT2D eigenvalue weighted by Gasteiger charge is 2.18. The summed E-state index contributed by atoms with van der Waals surface area (Å²) < 4.78 is 27.9. The molecule has 31 heavy (non-hydrogen) atoms. The van der Waals surface area contributed by atoms with E-state index in [1.807, 2.05) is 0 Å². The Morgan fingerprint density at radius 3 is 2.29 bits per heavy atom. The molecule has 0 atom stereocenters. The summed E-state index contributed by atoms with van der Waals surface area (Å²) in [6.07, 6.45) is 1.83. The molecular weight excluding hydrogens is 408 g/mol. The molecule has 0 fully saturated rings. The van der Waals surface area contributed by atoms with Crippen LogP contribution in [0.1, 0.15) is 46.5 Å². The second-order valence-corrected chi connectivity index (χ2v) is 9.07. The van der Waals surface area contributed by atoms with Gasteiger partial charge in [0.1, 0.15) is 0 Å². The maximum Gasteiger partial charge on any atom is 0.261 e. The zero-order valence-electron chi connectivity index (χ0n) is 18.1. The lowest BCUT2D eigenvalue weighted by molar-refractivity contribution is 0.0950. The van der Waals surface area contributed by atoms with Crippen LogP contribution in [0.25, 0.3) is 0 Å². The maximum absolute atomic E-state index is 12.9. The highest BCUT2D eigenvalue weighted by molar-refractivity contribution is 7.92. The van der Waals surface area contributed by atoms with Crippen molar-refractivity contribution in [1.29, 1.82) is 0 Å². The Hall–Kier alpha value is -3.12. The van der Waals surface area contributed by atoms with Crippen LogP contribution in [0.15, 0.2) is 71.6 Å². The minimum absolute atomic E-state index is 0.173. The van der Waals surface area contributed by atoms with E-state index >= 15 is 0 Å². The van der Waals surface area contributed by atoms with Crippen LogP contribution in [0, 0.1) is 6.92 Å². The topological polar surface area (TPSA) is 75.3 Å². The van der Waals surface area contributed by atoms with Crippen molar-refractivity contribution in [2.24, 2.45) is 0 Å². The third-order valence-corrected chi connectivity index (χ3v) is 6.76. The van der Waals surface area contributed by atoms with Crippen LogP contribution in [0.3, 0.4) is 0 Å². The number of nitrogens with one attached hydrogen (secondary N) is 2. The molecule has 6 heteroatoms. The van der Waals surface area contributed by atoms with E-state index < -0.39 is 10.0 Å². The molecule has 0 radical (unpaired) electrons. The van der Waals surface area contributed by atoms with Crippen molar-refractivity contribution < 1.29 is 13.2 Å². The van der Waals surface area contributed by atoms with Crippen LogP contribution in [-0.4, -0.2) is 14.3 Å². The van der Waals surface area contributed by atoms with E-state index in [0.29, 0.717) is 23.4 Å². The molecular formula is C25H28N2O3S. The number of anilines is 1.